The Morgan fingerprint density at radius 1 is 0.865 bits per heavy atom. The number of carbonyl (C=O) groups excluding carboxylic acids is 3. The van der Waals surface area contributed by atoms with Gasteiger partial charge in [0, 0.05) is 23.5 Å². The minimum absolute atomic E-state index is 0.0728. The quantitative estimate of drug-likeness (QED) is 0.197. The fraction of sp³-hybridized carbons (Fsp3) is 0.480. The lowest BCUT2D eigenvalue weighted by molar-refractivity contribution is -0.143. The molecule has 1 heterocycles. The summed E-state index contributed by atoms with van der Waals surface area (Å²) in [6, 6.07) is 2.32. The molecule has 2 aromatic rings. The summed E-state index contributed by atoms with van der Waals surface area (Å²) >= 11 is 0. The summed E-state index contributed by atoms with van der Waals surface area (Å²) in [5.41, 5.74) is 7.29. The molecule has 4 atom stereocenters. The Morgan fingerprint density at radius 3 is 2.05 bits per heavy atom. The summed E-state index contributed by atoms with van der Waals surface area (Å²) in [7, 11) is 0. The van der Waals surface area contributed by atoms with Gasteiger partial charge in [-0.05, 0) is 23.5 Å². The lowest BCUT2D eigenvalue weighted by Gasteiger charge is -2.27. The van der Waals surface area contributed by atoms with E-state index in [2.05, 4.69) is 20.9 Å². The van der Waals surface area contributed by atoms with Crippen LogP contribution in [0.4, 0.5) is 0 Å². The molecule has 4 unspecified atom stereocenters. The number of hydrogen-bond donors (Lipinski definition) is 7. The second kappa shape index (κ2) is 12.9. The Labute approximate surface area is 214 Å². The van der Waals surface area contributed by atoms with Gasteiger partial charge in [0.2, 0.25) is 17.7 Å². The molecular weight excluding hydrogens is 482 g/mol. The van der Waals surface area contributed by atoms with Crippen LogP contribution in [0.5, 0.6) is 0 Å². The molecule has 12 nitrogen and oxygen atoms in total. The number of aromatic nitrogens is 1. The third-order valence-corrected chi connectivity index (χ3v) is 5.99. The number of fused-ring (bicyclic) bond motifs is 1. The van der Waals surface area contributed by atoms with Gasteiger partial charge in [0.05, 0.1) is 12.5 Å². The lowest BCUT2D eigenvalue weighted by Crippen LogP contribution is -2.59. The second-order valence-electron chi connectivity index (χ2n) is 9.62. The number of hydrogen-bond acceptors (Lipinski definition) is 6. The summed E-state index contributed by atoms with van der Waals surface area (Å²) in [5, 5.41) is 27.0. The molecule has 0 bridgehead atoms. The molecule has 0 aliphatic rings. The second-order valence-corrected chi connectivity index (χ2v) is 9.62. The van der Waals surface area contributed by atoms with Crippen LogP contribution in [-0.2, 0) is 30.4 Å². The number of benzene rings is 1. The average Bonchev–Trinajstić information content (AvgIpc) is 3.22. The average molecular weight is 518 g/mol. The highest BCUT2D eigenvalue weighted by atomic mass is 16.4. The molecule has 0 aliphatic carbocycles. The fourth-order valence-corrected chi connectivity index (χ4v) is 3.73. The van der Waals surface area contributed by atoms with E-state index in [1.165, 1.54) is 0 Å². The number of nitrogens with two attached hydrogens (primary N) is 1. The third-order valence-electron chi connectivity index (χ3n) is 5.99. The molecule has 3 amide bonds. The molecule has 202 valence electrons. The summed E-state index contributed by atoms with van der Waals surface area (Å²) < 4.78 is 0. The number of carboxylic acid groups (broad SMARTS) is 2. The lowest BCUT2D eigenvalue weighted by atomic mass is 9.99. The number of carbonyl (C=O) groups is 5. The number of para-hydroxylation sites is 1. The zero-order chi connectivity index (χ0) is 27.9. The van der Waals surface area contributed by atoms with Crippen molar-refractivity contribution in [2.45, 2.75) is 64.7 Å². The fourth-order valence-electron chi connectivity index (χ4n) is 3.73. The first kappa shape index (κ1) is 29.3. The largest absolute Gasteiger partial charge is 0.481 e. The van der Waals surface area contributed by atoms with Crippen LogP contribution < -0.4 is 21.7 Å². The maximum atomic E-state index is 13.0. The molecule has 12 heteroatoms. The van der Waals surface area contributed by atoms with E-state index < -0.39 is 66.2 Å². The van der Waals surface area contributed by atoms with Crippen molar-refractivity contribution in [1.29, 1.82) is 0 Å². The minimum atomic E-state index is -1.58. The van der Waals surface area contributed by atoms with Gasteiger partial charge in [-0.25, -0.2) is 4.79 Å². The molecule has 0 saturated carbocycles. The van der Waals surface area contributed by atoms with Crippen molar-refractivity contribution in [3.05, 3.63) is 36.0 Å². The van der Waals surface area contributed by atoms with Crippen molar-refractivity contribution < 1.29 is 34.2 Å². The van der Waals surface area contributed by atoms with Gasteiger partial charge in [-0.1, -0.05) is 45.9 Å². The number of nitrogens with one attached hydrogen (secondary N) is 4. The molecular formula is C25H35N5O7. The highest BCUT2D eigenvalue weighted by Crippen LogP contribution is 2.19. The van der Waals surface area contributed by atoms with E-state index in [1.54, 1.807) is 46.0 Å². The van der Waals surface area contributed by atoms with Gasteiger partial charge < -0.3 is 36.9 Å². The first-order valence-electron chi connectivity index (χ1n) is 12.0. The van der Waals surface area contributed by atoms with E-state index in [0.29, 0.717) is 5.56 Å². The van der Waals surface area contributed by atoms with Crippen LogP contribution in [0.3, 0.4) is 0 Å². The van der Waals surface area contributed by atoms with Gasteiger partial charge in [0.15, 0.2) is 0 Å². The molecule has 0 saturated heterocycles. The maximum absolute atomic E-state index is 13.0. The summed E-state index contributed by atoms with van der Waals surface area (Å²) in [5.74, 6) is -5.63. The van der Waals surface area contributed by atoms with Gasteiger partial charge in [-0.3, -0.25) is 19.2 Å². The topological polar surface area (TPSA) is 204 Å². The molecule has 37 heavy (non-hydrogen) atoms. The SMILES string of the molecule is CC(C)C(N)C(=O)NC(C(=O)NC(CC(=O)O)C(=O)NC(Cc1c[nH]c2ccccc12)C(=O)O)C(C)C. The Hall–Kier alpha value is -3.93. The van der Waals surface area contributed by atoms with Gasteiger partial charge in [-0.2, -0.15) is 0 Å². The van der Waals surface area contributed by atoms with Crippen molar-refractivity contribution >= 4 is 40.6 Å². The standard InChI is InChI=1S/C25H35N5O7/c1-12(2)20(26)23(34)30-21(13(3)4)24(35)28-17(10-19(31)32)22(33)29-18(25(36)37)9-14-11-27-16-8-6-5-7-15(14)16/h5-8,11-13,17-18,20-21,27H,9-10,26H2,1-4H3,(H,28,35)(H,29,33)(H,30,34)(H,31,32)(H,36,37). The molecule has 2 rings (SSSR count). The van der Waals surface area contributed by atoms with E-state index in [9.17, 15) is 34.2 Å². The summed E-state index contributed by atoms with van der Waals surface area (Å²) in [4.78, 5) is 64.7. The van der Waals surface area contributed by atoms with Crippen molar-refractivity contribution in [3.63, 3.8) is 0 Å². The number of carboxylic acids is 2. The predicted octanol–water partition coefficient (Wildman–Crippen LogP) is 0.363. The van der Waals surface area contributed by atoms with Crippen molar-refractivity contribution in [1.82, 2.24) is 20.9 Å². The first-order chi connectivity index (χ1) is 17.3. The van der Waals surface area contributed by atoms with Crippen LogP contribution in [0.2, 0.25) is 0 Å². The highest BCUT2D eigenvalue weighted by Gasteiger charge is 2.33. The Kier molecular flexibility index (Phi) is 10.2. The first-order valence-corrected chi connectivity index (χ1v) is 12.0. The third kappa shape index (κ3) is 8.04. The van der Waals surface area contributed by atoms with E-state index in [-0.39, 0.29) is 12.3 Å². The monoisotopic (exact) mass is 517 g/mol. The Balaban J connectivity index is 2.18. The van der Waals surface area contributed by atoms with Gasteiger partial charge in [-0.15, -0.1) is 0 Å². The molecule has 0 radical (unpaired) electrons. The van der Waals surface area contributed by atoms with Crippen molar-refractivity contribution in [2.24, 2.45) is 17.6 Å². The minimum Gasteiger partial charge on any atom is -0.481 e. The molecule has 8 N–H and O–H groups in total. The predicted molar refractivity (Wildman–Crippen MR) is 135 cm³/mol. The molecule has 1 aromatic heterocycles. The van der Waals surface area contributed by atoms with Crippen molar-refractivity contribution in [3.8, 4) is 0 Å². The molecule has 0 aliphatic heterocycles. The van der Waals surface area contributed by atoms with Crippen LogP contribution in [0, 0.1) is 11.8 Å². The zero-order valence-electron chi connectivity index (χ0n) is 21.3. The zero-order valence-corrected chi connectivity index (χ0v) is 21.3. The van der Waals surface area contributed by atoms with E-state index in [1.807, 2.05) is 12.1 Å². The van der Waals surface area contributed by atoms with Crippen LogP contribution in [0.25, 0.3) is 10.9 Å². The molecule has 0 spiro atoms. The summed E-state index contributed by atoms with van der Waals surface area (Å²) in [6.45, 7) is 6.83. The van der Waals surface area contributed by atoms with Crippen LogP contribution in [0.1, 0.15) is 39.7 Å². The molecule has 0 fully saturated rings. The van der Waals surface area contributed by atoms with E-state index in [4.69, 9.17) is 5.73 Å². The van der Waals surface area contributed by atoms with Crippen LogP contribution in [-0.4, -0.2) is 69.0 Å². The number of aromatic amines is 1. The van der Waals surface area contributed by atoms with Crippen LogP contribution >= 0.6 is 0 Å². The maximum Gasteiger partial charge on any atom is 0.326 e. The number of aliphatic carboxylic acids is 2. The smallest absolute Gasteiger partial charge is 0.326 e. The Bertz CT molecular complexity index is 1140. The molecule has 1 aromatic carbocycles. The number of amides is 3. The van der Waals surface area contributed by atoms with Crippen molar-refractivity contribution in [2.75, 3.05) is 0 Å². The van der Waals surface area contributed by atoms with E-state index in [0.717, 1.165) is 10.9 Å². The number of rotatable bonds is 13. The Morgan fingerprint density at radius 2 is 1.49 bits per heavy atom. The van der Waals surface area contributed by atoms with Gasteiger partial charge in [0.25, 0.3) is 0 Å². The highest BCUT2D eigenvalue weighted by molar-refractivity contribution is 5.96. The normalized spacial score (nSPS) is 14.6. The van der Waals surface area contributed by atoms with E-state index >= 15 is 0 Å². The van der Waals surface area contributed by atoms with Crippen LogP contribution in [0.15, 0.2) is 30.5 Å². The van der Waals surface area contributed by atoms with Gasteiger partial charge >= 0.3 is 11.9 Å². The number of H-pyrrole nitrogens is 1. The summed E-state index contributed by atoms with van der Waals surface area (Å²) in [6.07, 6.45) is 0.777. The van der Waals surface area contributed by atoms with Gasteiger partial charge in [0.1, 0.15) is 18.1 Å².